The van der Waals surface area contributed by atoms with Crippen LogP contribution in [0.5, 0.6) is 0 Å². The zero-order valence-electron chi connectivity index (χ0n) is 13.4. The number of carbonyl (C=O) groups is 1. The highest BCUT2D eigenvalue weighted by Gasteiger charge is 2.24. The van der Waals surface area contributed by atoms with Gasteiger partial charge in [0, 0.05) is 49.8 Å². The Morgan fingerprint density at radius 2 is 2.36 bits per heavy atom. The van der Waals surface area contributed by atoms with Crippen LogP contribution in [0.4, 0.5) is 0 Å². The van der Waals surface area contributed by atoms with Crippen molar-refractivity contribution in [3.05, 3.63) is 52.9 Å². The Labute approximate surface area is 149 Å². The maximum absolute atomic E-state index is 12.5. The number of aromatic nitrogens is 4. The highest BCUT2D eigenvalue weighted by atomic mass is 35.5. The predicted octanol–water partition coefficient (Wildman–Crippen LogP) is 2.63. The largest absolute Gasteiger partial charge is 0.360 e. The van der Waals surface area contributed by atoms with E-state index in [4.69, 9.17) is 16.1 Å². The van der Waals surface area contributed by atoms with E-state index < -0.39 is 0 Å². The third kappa shape index (κ3) is 3.41. The van der Waals surface area contributed by atoms with Crippen LogP contribution in [0.1, 0.15) is 23.6 Å². The van der Waals surface area contributed by atoms with E-state index in [1.807, 2.05) is 17.0 Å². The lowest BCUT2D eigenvalue weighted by Crippen LogP contribution is -2.36. The zero-order chi connectivity index (χ0) is 17.2. The molecule has 0 saturated carbocycles. The van der Waals surface area contributed by atoms with Crippen LogP contribution in [-0.4, -0.2) is 37.5 Å². The Morgan fingerprint density at radius 1 is 1.44 bits per heavy atom. The molecule has 0 fully saturated rings. The molecule has 3 aromatic heterocycles. The van der Waals surface area contributed by atoms with Crippen molar-refractivity contribution >= 4 is 17.5 Å². The molecule has 0 unspecified atom stereocenters. The van der Waals surface area contributed by atoms with Gasteiger partial charge in [-0.05, 0) is 12.1 Å². The number of hydrogen-bond donors (Lipinski definition) is 1. The highest BCUT2D eigenvalue weighted by Crippen LogP contribution is 2.23. The van der Waals surface area contributed by atoms with Gasteiger partial charge >= 0.3 is 0 Å². The number of halogens is 1. The molecule has 4 rings (SSSR count). The lowest BCUT2D eigenvalue weighted by molar-refractivity contribution is -0.132. The second-order valence-electron chi connectivity index (χ2n) is 5.93. The molecule has 0 saturated heterocycles. The van der Waals surface area contributed by atoms with Gasteiger partial charge in [0.05, 0.1) is 17.9 Å². The first-order valence-corrected chi connectivity index (χ1v) is 8.44. The lowest BCUT2D eigenvalue weighted by atomic mass is 10.1. The molecule has 1 N–H and O–H groups in total. The van der Waals surface area contributed by atoms with Crippen molar-refractivity contribution in [3.8, 4) is 11.4 Å². The van der Waals surface area contributed by atoms with Crippen LogP contribution in [-0.2, 0) is 24.2 Å². The van der Waals surface area contributed by atoms with Crippen molar-refractivity contribution in [2.24, 2.45) is 0 Å². The second kappa shape index (κ2) is 6.68. The molecule has 8 heteroatoms. The summed E-state index contributed by atoms with van der Waals surface area (Å²) < 4.78 is 5.04. The molecule has 128 valence electrons. The van der Waals surface area contributed by atoms with Crippen LogP contribution in [0.2, 0.25) is 5.15 Å². The Balaban J connectivity index is 1.42. The number of rotatable bonds is 4. The summed E-state index contributed by atoms with van der Waals surface area (Å²) in [6, 6.07) is 5.48. The number of fused-ring (bicyclic) bond motifs is 1. The number of H-pyrrole nitrogens is 1. The first-order chi connectivity index (χ1) is 12.2. The summed E-state index contributed by atoms with van der Waals surface area (Å²) in [5, 5.41) is 3.93. The third-order valence-corrected chi connectivity index (χ3v) is 4.41. The van der Waals surface area contributed by atoms with Crippen molar-refractivity contribution in [1.82, 2.24) is 25.0 Å². The summed E-state index contributed by atoms with van der Waals surface area (Å²) in [6.07, 6.45) is 5.10. The fourth-order valence-corrected chi connectivity index (χ4v) is 3.10. The van der Waals surface area contributed by atoms with E-state index in [2.05, 4.69) is 20.1 Å². The van der Waals surface area contributed by atoms with Gasteiger partial charge in [-0.2, -0.15) is 0 Å². The number of imidazole rings is 1. The Morgan fingerprint density at radius 3 is 3.12 bits per heavy atom. The average molecular weight is 358 g/mol. The van der Waals surface area contributed by atoms with Crippen molar-refractivity contribution in [2.75, 3.05) is 6.54 Å². The minimum atomic E-state index is 0.0794. The predicted molar refractivity (Wildman–Crippen MR) is 90.8 cm³/mol. The van der Waals surface area contributed by atoms with Crippen LogP contribution in [0, 0.1) is 0 Å². The number of nitrogens with zero attached hydrogens (tertiary/aromatic N) is 4. The van der Waals surface area contributed by atoms with E-state index in [0.717, 1.165) is 29.2 Å². The Bertz CT molecular complexity index is 890. The fraction of sp³-hybridized carbons (Fsp3) is 0.294. The Kier molecular flexibility index (Phi) is 4.23. The van der Waals surface area contributed by atoms with Crippen LogP contribution < -0.4 is 0 Å². The number of nitrogens with one attached hydrogen (secondary N) is 1. The van der Waals surface area contributed by atoms with E-state index >= 15 is 0 Å². The number of pyridine rings is 1. The van der Waals surface area contributed by atoms with Gasteiger partial charge in [-0.3, -0.25) is 9.78 Å². The molecule has 0 spiro atoms. The van der Waals surface area contributed by atoms with E-state index in [-0.39, 0.29) is 5.91 Å². The zero-order valence-corrected chi connectivity index (χ0v) is 14.2. The molecule has 3 aromatic rings. The van der Waals surface area contributed by atoms with Crippen LogP contribution in [0.3, 0.4) is 0 Å². The molecular weight excluding hydrogens is 342 g/mol. The second-order valence-corrected chi connectivity index (χ2v) is 6.32. The maximum Gasteiger partial charge on any atom is 0.223 e. The molecule has 4 heterocycles. The molecule has 7 nitrogen and oxygen atoms in total. The fourth-order valence-electron chi connectivity index (χ4n) is 2.94. The topological polar surface area (TPSA) is 87.9 Å². The molecule has 0 radical (unpaired) electrons. The average Bonchev–Trinajstić information content (AvgIpc) is 3.25. The lowest BCUT2D eigenvalue weighted by Gasteiger charge is -2.26. The van der Waals surface area contributed by atoms with E-state index in [9.17, 15) is 4.79 Å². The minimum Gasteiger partial charge on any atom is -0.360 e. The van der Waals surface area contributed by atoms with Gasteiger partial charge < -0.3 is 14.4 Å². The van der Waals surface area contributed by atoms with Crippen molar-refractivity contribution < 1.29 is 9.32 Å². The van der Waals surface area contributed by atoms with Crippen molar-refractivity contribution in [3.63, 3.8) is 0 Å². The van der Waals surface area contributed by atoms with Gasteiger partial charge in [0.1, 0.15) is 11.6 Å². The van der Waals surface area contributed by atoms with Crippen molar-refractivity contribution in [1.29, 1.82) is 0 Å². The number of hydrogen-bond acceptors (Lipinski definition) is 5. The smallest absolute Gasteiger partial charge is 0.223 e. The molecule has 0 aliphatic carbocycles. The minimum absolute atomic E-state index is 0.0794. The van der Waals surface area contributed by atoms with E-state index in [1.54, 1.807) is 18.5 Å². The van der Waals surface area contributed by atoms with E-state index in [0.29, 0.717) is 36.8 Å². The Hall–Kier alpha value is -2.67. The third-order valence-electron chi connectivity index (χ3n) is 4.24. The SMILES string of the molecule is O=C(CCc1cc(Cl)no1)N1CCc2nc(-c3cccnc3)[nH]c2C1. The number of carbonyl (C=O) groups excluding carboxylic acids is 1. The van der Waals surface area contributed by atoms with Gasteiger partial charge in [-0.1, -0.05) is 16.8 Å². The molecular formula is C17H16ClN5O2. The van der Waals surface area contributed by atoms with Gasteiger partial charge in [-0.25, -0.2) is 4.98 Å². The molecule has 25 heavy (non-hydrogen) atoms. The van der Waals surface area contributed by atoms with Gasteiger partial charge in [0.25, 0.3) is 0 Å². The first-order valence-electron chi connectivity index (χ1n) is 8.06. The number of amides is 1. The summed E-state index contributed by atoms with van der Waals surface area (Å²) >= 11 is 5.72. The van der Waals surface area contributed by atoms with Gasteiger partial charge in [0.2, 0.25) is 5.91 Å². The number of aromatic amines is 1. The molecule has 0 atom stereocenters. The molecule has 1 aliphatic heterocycles. The van der Waals surface area contributed by atoms with Gasteiger partial charge in [0.15, 0.2) is 5.15 Å². The standard InChI is InChI=1S/C17H16ClN5O2/c18-15-8-12(25-22-15)3-4-16(24)23-7-5-13-14(10-23)21-17(20-13)11-2-1-6-19-9-11/h1-2,6,8-9H,3-5,7,10H2,(H,20,21). The quantitative estimate of drug-likeness (QED) is 0.775. The first kappa shape index (κ1) is 15.8. The normalized spacial score (nSPS) is 13.7. The summed E-state index contributed by atoms with van der Waals surface area (Å²) in [6.45, 7) is 1.21. The summed E-state index contributed by atoms with van der Waals surface area (Å²) in [4.78, 5) is 26.4. The van der Waals surface area contributed by atoms with Gasteiger partial charge in [-0.15, -0.1) is 0 Å². The highest BCUT2D eigenvalue weighted by molar-refractivity contribution is 6.29. The maximum atomic E-state index is 12.5. The van der Waals surface area contributed by atoms with Crippen LogP contribution in [0.25, 0.3) is 11.4 Å². The van der Waals surface area contributed by atoms with Crippen LogP contribution >= 0.6 is 11.6 Å². The molecule has 1 aliphatic rings. The summed E-state index contributed by atoms with van der Waals surface area (Å²) in [5.74, 6) is 1.50. The summed E-state index contributed by atoms with van der Waals surface area (Å²) in [5.41, 5.74) is 2.95. The molecule has 0 bridgehead atoms. The monoisotopic (exact) mass is 357 g/mol. The van der Waals surface area contributed by atoms with Crippen molar-refractivity contribution in [2.45, 2.75) is 25.8 Å². The van der Waals surface area contributed by atoms with E-state index in [1.165, 1.54) is 0 Å². The molecule has 0 aromatic carbocycles. The van der Waals surface area contributed by atoms with Crippen LogP contribution in [0.15, 0.2) is 35.1 Å². The summed E-state index contributed by atoms with van der Waals surface area (Å²) in [7, 11) is 0. The number of aryl methyl sites for hydroxylation is 1. The molecule has 1 amide bonds.